The third-order valence-corrected chi connectivity index (χ3v) is 3.69. The fraction of sp³-hybridized carbons (Fsp3) is 0.500. The first-order chi connectivity index (χ1) is 10.4. The molecule has 1 aliphatic rings. The molecule has 0 amide bonds. The Morgan fingerprint density at radius 3 is 2.64 bits per heavy atom. The Morgan fingerprint density at radius 2 is 2.05 bits per heavy atom. The van der Waals surface area contributed by atoms with E-state index in [1.54, 1.807) is 0 Å². The molecule has 0 radical (unpaired) electrons. The topological polar surface area (TPSA) is 23.5 Å². The fourth-order valence-electron chi connectivity index (χ4n) is 2.58. The zero-order valence-electron chi connectivity index (χ0n) is 12.5. The van der Waals surface area contributed by atoms with Gasteiger partial charge >= 0.3 is 6.18 Å². The van der Waals surface area contributed by atoms with Gasteiger partial charge in [0.2, 0.25) is 0 Å². The van der Waals surface area contributed by atoms with E-state index in [1.807, 2.05) is 11.0 Å². The molecule has 1 aromatic carbocycles. The van der Waals surface area contributed by atoms with E-state index in [9.17, 15) is 17.6 Å². The predicted molar refractivity (Wildman–Crippen MR) is 79.3 cm³/mol. The molecule has 0 saturated carbocycles. The smallest absolute Gasteiger partial charge is 0.400 e. The number of aliphatic hydroxyl groups is 1. The highest BCUT2D eigenvalue weighted by Gasteiger charge is 2.35. The lowest BCUT2D eigenvalue weighted by Gasteiger charge is -2.20. The molecule has 0 bridgehead atoms. The molecule has 2 nitrogen and oxygen atoms in total. The van der Waals surface area contributed by atoms with E-state index in [0.29, 0.717) is 18.2 Å². The van der Waals surface area contributed by atoms with Crippen molar-refractivity contribution in [3.05, 3.63) is 42.2 Å². The van der Waals surface area contributed by atoms with Gasteiger partial charge in [-0.3, -0.25) is 0 Å². The van der Waals surface area contributed by atoms with Crippen molar-refractivity contribution in [3.63, 3.8) is 0 Å². The molecule has 1 aliphatic heterocycles. The molecule has 22 heavy (non-hydrogen) atoms. The largest absolute Gasteiger partial charge is 0.419 e. The highest BCUT2D eigenvalue weighted by atomic mass is 19.4. The average molecular weight is 319 g/mol. The Hall–Kier alpha value is -1.56. The first kappa shape index (κ1) is 18.5. The normalized spacial score (nSPS) is 17.9. The average Bonchev–Trinajstić information content (AvgIpc) is 2.95. The van der Waals surface area contributed by atoms with E-state index < -0.39 is 17.6 Å². The Labute approximate surface area is 128 Å². The van der Waals surface area contributed by atoms with Crippen LogP contribution in [0.25, 0.3) is 0 Å². The number of alkyl halides is 3. The van der Waals surface area contributed by atoms with E-state index in [2.05, 4.69) is 6.58 Å². The van der Waals surface area contributed by atoms with E-state index in [0.717, 1.165) is 45.0 Å². The number of allylic oxidation sites excluding steroid dienone is 1. The Morgan fingerprint density at radius 1 is 1.36 bits per heavy atom. The van der Waals surface area contributed by atoms with Crippen molar-refractivity contribution >= 4 is 5.69 Å². The third kappa shape index (κ3) is 4.73. The molecule has 1 unspecified atom stereocenters. The second kappa shape index (κ2) is 8.17. The van der Waals surface area contributed by atoms with Crippen LogP contribution in [0.3, 0.4) is 0 Å². The van der Waals surface area contributed by atoms with Gasteiger partial charge in [-0.2, -0.15) is 13.2 Å². The summed E-state index contributed by atoms with van der Waals surface area (Å²) in [6.45, 7) is 5.10. The molecule has 0 aliphatic carbocycles. The molecular weight excluding hydrogens is 298 g/mol. The van der Waals surface area contributed by atoms with Crippen LogP contribution < -0.4 is 4.90 Å². The summed E-state index contributed by atoms with van der Waals surface area (Å²) in [5.41, 5.74) is -0.746. The molecule has 0 aromatic heterocycles. The lowest BCUT2D eigenvalue weighted by atomic mass is 10.0. The van der Waals surface area contributed by atoms with Gasteiger partial charge < -0.3 is 10.0 Å². The summed E-state index contributed by atoms with van der Waals surface area (Å²) >= 11 is 0. The SMILES string of the molecule is C=CCCC1CCN(c2ccc(F)c(C(F)(F)F)c2)C1.CO. The number of hydrogen-bond donors (Lipinski definition) is 1. The van der Waals surface area contributed by atoms with Crippen LogP contribution in [-0.2, 0) is 6.18 Å². The van der Waals surface area contributed by atoms with Crippen molar-refractivity contribution in [2.75, 3.05) is 25.1 Å². The summed E-state index contributed by atoms with van der Waals surface area (Å²) in [5.74, 6) is -0.754. The van der Waals surface area contributed by atoms with Crippen LogP contribution in [0.2, 0.25) is 0 Å². The number of hydrogen-bond acceptors (Lipinski definition) is 2. The number of rotatable bonds is 4. The van der Waals surface area contributed by atoms with Crippen molar-refractivity contribution in [1.29, 1.82) is 0 Å². The summed E-state index contributed by atoms with van der Waals surface area (Å²) in [6.07, 6.45) is 0.0555. The van der Waals surface area contributed by atoms with Gasteiger partial charge in [-0.15, -0.1) is 6.58 Å². The maximum Gasteiger partial charge on any atom is 0.419 e. The predicted octanol–water partition coefficient (Wildman–Crippen LogP) is 4.25. The lowest BCUT2D eigenvalue weighted by molar-refractivity contribution is -0.139. The highest BCUT2D eigenvalue weighted by Crippen LogP contribution is 2.35. The van der Waals surface area contributed by atoms with Crippen LogP contribution >= 0.6 is 0 Å². The minimum atomic E-state index is -4.65. The van der Waals surface area contributed by atoms with E-state index >= 15 is 0 Å². The van der Waals surface area contributed by atoms with Crippen molar-refractivity contribution in [1.82, 2.24) is 0 Å². The van der Waals surface area contributed by atoms with Gasteiger partial charge in [-0.1, -0.05) is 6.08 Å². The molecule has 1 heterocycles. The third-order valence-electron chi connectivity index (χ3n) is 3.69. The first-order valence-corrected chi connectivity index (χ1v) is 7.09. The van der Waals surface area contributed by atoms with E-state index in [1.165, 1.54) is 6.07 Å². The number of anilines is 1. The minimum Gasteiger partial charge on any atom is -0.400 e. The van der Waals surface area contributed by atoms with E-state index in [4.69, 9.17) is 5.11 Å². The van der Waals surface area contributed by atoms with Gasteiger partial charge in [0.15, 0.2) is 0 Å². The molecule has 1 fully saturated rings. The molecule has 1 N–H and O–H groups in total. The van der Waals surface area contributed by atoms with Gasteiger partial charge in [0, 0.05) is 25.9 Å². The Balaban J connectivity index is 0.00000116. The number of nitrogens with zero attached hydrogens (tertiary/aromatic N) is 1. The van der Waals surface area contributed by atoms with Gasteiger partial charge in [0.25, 0.3) is 0 Å². The molecule has 6 heteroatoms. The van der Waals surface area contributed by atoms with Crippen LogP contribution in [0.5, 0.6) is 0 Å². The zero-order valence-corrected chi connectivity index (χ0v) is 12.5. The van der Waals surface area contributed by atoms with Crippen LogP contribution in [0, 0.1) is 11.7 Å². The van der Waals surface area contributed by atoms with Gasteiger partial charge in [0.05, 0.1) is 5.56 Å². The van der Waals surface area contributed by atoms with Crippen molar-refractivity contribution in [3.8, 4) is 0 Å². The fourth-order valence-corrected chi connectivity index (χ4v) is 2.58. The molecular formula is C16H21F4NO. The summed E-state index contributed by atoms with van der Waals surface area (Å²) in [7, 11) is 1.00. The lowest BCUT2D eigenvalue weighted by Crippen LogP contribution is -2.20. The quantitative estimate of drug-likeness (QED) is 0.662. The monoisotopic (exact) mass is 319 g/mol. The maximum absolute atomic E-state index is 13.2. The summed E-state index contributed by atoms with van der Waals surface area (Å²) in [5, 5.41) is 7.00. The first-order valence-electron chi connectivity index (χ1n) is 7.09. The molecule has 1 aromatic rings. The standard InChI is InChI=1S/C15H17F4N.CH4O/c1-2-3-4-11-7-8-20(10-11)12-5-6-14(16)13(9-12)15(17,18)19;1-2/h2,5-6,9,11H,1,3-4,7-8,10H2;2H,1H3. The van der Waals surface area contributed by atoms with Gasteiger partial charge in [-0.05, 0) is 43.4 Å². The van der Waals surface area contributed by atoms with Gasteiger partial charge in [-0.25, -0.2) is 4.39 Å². The van der Waals surface area contributed by atoms with Crippen LogP contribution in [0.15, 0.2) is 30.9 Å². The Kier molecular flexibility index (Phi) is 6.87. The van der Waals surface area contributed by atoms with Crippen LogP contribution in [0.1, 0.15) is 24.8 Å². The minimum absolute atomic E-state index is 0.444. The molecule has 1 atom stereocenters. The summed E-state index contributed by atoms with van der Waals surface area (Å²) < 4.78 is 51.3. The van der Waals surface area contributed by atoms with Crippen molar-refractivity contribution < 1.29 is 22.7 Å². The molecule has 124 valence electrons. The second-order valence-electron chi connectivity index (χ2n) is 5.13. The Bertz CT molecular complexity index is 488. The van der Waals surface area contributed by atoms with Gasteiger partial charge in [0.1, 0.15) is 5.82 Å². The zero-order chi connectivity index (χ0) is 16.8. The second-order valence-corrected chi connectivity index (χ2v) is 5.13. The highest BCUT2D eigenvalue weighted by molar-refractivity contribution is 5.50. The van der Waals surface area contributed by atoms with Crippen molar-refractivity contribution in [2.24, 2.45) is 5.92 Å². The molecule has 1 saturated heterocycles. The molecule has 2 rings (SSSR count). The van der Waals surface area contributed by atoms with Crippen LogP contribution in [-0.4, -0.2) is 25.3 Å². The molecule has 0 spiro atoms. The number of benzene rings is 1. The number of aliphatic hydroxyl groups excluding tert-OH is 1. The van der Waals surface area contributed by atoms with Crippen LogP contribution in [0.4, 0.5) is 23.2 Å². The number of halogens is 4. The maximum atomic E-state index is 13.2. The van der Waals surface area contributed by atoms with E-state index in [-0.39, 0.29) is 0 Å². The summed E-state index contributed by atoms with van der Waals surface area (Å²) in [6, 6.07) is 3.22. The van der Waals surface area contributed by atoms with Crippen molar-refractivity contribution in [2.45, 2.75) is 25.4 Å². The summed E-state index contributed by atoms with van der Waals surface area (Å²) in [4.78, 5) is 1.89.